The highest BCUT2D eigenvalue weighted by Crippen LogP contribution is 2.29. The number of halogens is 4. The lowest BCUT2D eigenvalue weighted by Gasteiger charge is -2.11. The molecule has 2 N–H and O–H groups in total. The molecule has 0 aliphatic rings. The molecule has 0 atom stereocenters. The third-order valence-electron chi connectivity index (χ3n) is 2.55. The summed E-state index contributed by atoms with van der Waals surface area (Å²) in [5.74, 6) is -0.575. The van der Waals surface area contributed by atoms with Crippen molar-refractivity contribution in [3.05, 3.63) is 56.8 Å². The van der Waals surface area contributed by atoms with Crippen molar-refractivity contribution in [2.75, 3.05) is 5.32 Å². The summed E-state index contributed by atoms with van der Waals surface area (Å²) in [7, 11) is 0. The maximum atomic E-state index is 13.2. The topological polar surface area (TPSA) is 32.3 Å². The number of rotatable bonds is 3. The van der Waals surface area contributed by atoms with Gasteiger partial charge in [-0.2, -0.15) is 0 Å². The Morgan fingerprint density at radius 1 is 1.05 bits per heavy atom. The van der Waals surface area contributed by atoms with Crippen LogP contribution in [0.15, 0.2) is 30.3 Å². The molecule has 6 heteroatoms. The monoisotopic (exact) mass is 319 g/mol. The number of aromatic hydroxyl groups is 1. The van der Waals surface area contributed by atoms with Gasteiger partial charge in [0.15, 0.2) is 5.82 Å². The van der Waals surface area contributed by atoms with E-state index in [0.29, 0.717) is 16.3 Å². The van der Waals surface area contributed by atoms with Crippen LogP contribution in [0.1, 0.15) is 5.56 Å². The largest absolute Gasteiger partial charge is 0.508 e. The number of phenols is 1. The molecule has 0 aliphatic carbocycles. The Kier molecular flexibility index (Phi) is 4.40. The van der Waals surface area contributed by atoms with E-state index in [1.807, 2.05) is 0 Å². The van der Waals surface area contributed by atoms with Crippen LogP contribution in [-0.2, 0) is 6.54 Å². The van der Waals surface area contributed by atoms with Crippen LogP contribution in [0.3, 0.4) is 0 Å². The Labute approximate surface area is 124 Å². The van der Waals surface area contributed by atoms with E-state index in [4.69, 9.17) is 34.8 Å². The highest BCUT2D eigenvalue weighted by atomic mass is 35.5. The van der Waals surface area contributed by atoms with Crippen molar-refractivity contribution >= 4 is 40.5 Å². The van der Waals surface area contributed by atoms with E-state index in [9.17, 15) is 9.50 Å². The molecule has 0 spiro atoms. The first-order chi connectivity index (χ1) is 8.99. The Morgan fingerprint density at radius 2 is 1.68 bits per heavy atom. The van der Waals surface area contributed by atoms with Crippen molar-refractivity contribution in [1.29, 1.82) is 0 Å². The summed E-state index contributed by atoms with van der Waals surface area (Å²) in [5.41, 5.74) is 1.08. The van der Waals surface area contributed by atoms with Crippen molar-refractivity contribution in [3.63, 3.8) is 0 Å². The fraction of sp³-hybridized carbons (Fsp3) is 0.0769. The van der Waals surface area contributed by atoms with Crippen LogP contribution in [0.2, 0.25) is 15.1 Å². The van der Waals surface area contributed by atoms with Crippen LogP contribution in [0, 0.1) is 5.82 Å². The first-order valence-corrected chi connectivity index (χ1v) is 6.47. The number of nitrogens with one attached hydrogen (secondary N) is 1. The summed E-state index contributed by atoms with van der Waals surface area (Å²) in [5, 5.41) is 13.0. The molecule has 0 radical (unpaired) electrons. The van der Waals surface area contributed by atoms with Gasteiger partial charge < -0.3 is 10.4 Å². The number of phenolic OH excluding ortho intramolecular Hbond substituents is 1. The second-order valence-electron chi connectivity index (χ2n) is 3.84. The van der Waals surface area contributed by atoms with E-state index >= 15 is 0 Å². The Morgan fingerprint density at radius 3 is 2.26 bits per heavy atom. The molecular formula is C13H9Cl3FNO. The molecule has 0 saturated carbocycles. The minimum atomic E-state index is -0.658. The molecular weight excluding hydrogens is 312 g/mol. The minimum Gasteiger partial charge on any atom is -0.508 e. The van der Waals surface area contributed by atoms with Crippen LogP contribution in [0.5, 0.6) is 5.75 Å². The summed E-state index contributed by atoms with van der Waals surface area (Å²) in [4.78, 5) is 0. The van der Waals surface area contributed by atoms with E-state index in [0.717, 1.165) is 0 Å². The lowest BCUT2D eigenvalue weighted by Crippen LogP contribution is -2.01. The van der Waals surface area contributed by atoms with Gasteiger partial charge in [-0.3, -0.25) is 0 Å². The fourth-order valence-electron chi connectivity index (χ4n) is 1.57. The van der Waals surface area contributed by atoms with E-state index in [1.54, 1.807) is 12.1 Å². The van der Waals surface area contributed by atoms with Gasteiger partial charge in [0.1, 0.15) is 5.75 Å². The molecule has 0 bridgehead atoms. The Balaban J connectivity index is 2.19. The molecule has 2 rings (SSSR count). The van der Waals surface area contributed by atoms with Crippen LogP contribution < -0.4 is 5.32 Å². The zero-order valence-electron chi connectivity index (χ0n) is 9.55. The molecule has 0 saturated heterocycles. The number of hydrogen-bond donors (Lipinski definition) is 2. The predicted octanol–water partition coefficient (Wildman–Crippen LogP) is 5.10. The number of anilines is 1. The van der Waals surface area contributed by atoms with Gasteiger partial charge in [-0.05, 0) is 24.3 Å². The smallest absolute Gasteiger partial charge is 0.160 e. The highest BCUT2D eigenvalue weighted by molar-refractivity contribution is 6.35. The van der Waals surface area contributed by atoms with Gasteiger partial charge in [0.05, 0.1) is 10.0 Å². The van der Waals surface area contributed by atoms with Crippen molar-refractivity contribution in [3.8, 4) is 5.75 Å². The first-order valence-electron chi connectivity index (χ1n) is 5.34. The van der Waals surface area contributed by atoms with Crippen LogP contribution in [0.25, 0.3) is 0 Å². The first kappa shape index (κ1) is 14.3. The number of benzene rings is 2. The summed E-state index contributed by atoms with van der Waals surface area (Å²) in [6.07, 6.45) is 0. The second kappa shape index (κ2) is 5.87. The molecule has 2 aromatic rings. The third kappa shape index (κ3) is 3.24. The van der Waals surface area contributed by atoms with Crippen LogP contribution in [-0.4, -0.2) is 5.11 Å². The normalized spacial score (nSPS) is 10.5. The molecule has 0 aliphatic heterocycles. The van der Waals surface area contributed by atoms with Crippen molar-refractivity contribution in [1.82, 2.24) is 0 Å². The van der Waals surface area contributed by atoms with Gasteiger partial charge in [-0.1, -0.05) is 40.9 Å². The summed E-state index contributed by atoms with van der Waals surface area (Å²) in [6, 6.07) is 7.68. The average Bonchev–Trinajstić information content (AvgIpc) is 2.35. The van der Waals surface area contributed by atoms with Gasteiger partial charge in [0.2, 0.25) is 0 Å². The maximum absolute atomic E-state index is 13.2. The predicted molar refractivity (Wildman–Crippen MR) is 76.9 cm³/mol. The standard InChI is InChI=1S/C13H9Cl3FNO/c14-9-2-1-3-12(19)8(9)6-18-7-4-10(15)13(17)11(16)5-7/h1-5,18-19H,6H2. The zero-order chi connectivity index (χ0) is 14.0. The second-order valence-corrected chi connectivity index (χ2v) is 5.07. The van der Waals surface area contributed by atoms with Gasteiger partial charge in [0.25, 0.3) is 0 Å². The molecule has 0 aromatic heterocycles. The lowest BCUT2D eigenvalue weighted by molar-refractivity contribution is 0.469. The van der Waals surface area contributed by atoms with Gasteiger partial charge >= 0.3 is 0 Å². The van der Waals surface area contributed by atoms with E-state index < -0.39 is 5.82 Å². The molecule has 2 aromatic carbocycles. The van der Waals surface area contributed by atoms with Crippen molar-refractivity contribution in [2.24, 2.45) is 0 Å². The van der Waals surface area contributed by atoms with Crippen LogP contribution in [0.4, 0.5) is 10.1 Å². The highest BCUT2D eigenvalue weighted by Gasteiger charge is 2.09. The minimum absolute atomic E-state index is 0.0709. The molecule has 19 heavy (non-hydrogen) atoms. The molecule has 0 amide bonds. The van der Waals surface area contributed by atoms with Crippen LogP contribution >= 0.6 is 34.8 Å². The zero-order valence-corrected chi connectivity index (χ0v) is 11.8. The van der Waals surface area contributed by atoms with E-state index in [1.165, 1.54) is 18.2 Å². The molecule has 0 heterocycles. The summed E-state index contributed by atoms with van der Waals surface area (Å²) < 4.78 is 13.2. The average molecular weight is 321 g/mol. The summed E-state index contributed by atoms with van der Waals surface area (Å²) in [6.45, 7) is 0.268. The van der Waals surface area contributed by atoms with Gasteiger partial charge in [-0.25, -0.2) is 4.39 Å². The fourth-order valence-corrected chi connectivity index (χ4v) is 2.29. The molecule has 100 valence electrons. The molecule has 0 unspecified atom stereocenters. The third-order valence-corrected chi connectivity index (χ3v) is 3.45. The van der Waals surface area contributed by atoms with E-state index in [2.05, 4.69) is 5.32 Å². The lowest BCUT2D eigenvalue weighted by atomic mass is 10.2. The molecule has 0 fully saturated rings. The Hall–Kier alpha value is -1.16. The van der Waals surface area contributed by atoms with Gasteiger partial charge in [-0.15, -0.1) is 0 Å². The molecule has 2 nitrogen and oxygen atoms in total. The Bertz CT molecular complexity index is 576. The maximum Gasteiger partial charge on any atom is 0.160 e. The van der Waals surface area contributed by atoms with Gasteiger partial charge in [0, 0.05) is 22.8 Å². The van der Waals surface area contributed by atoms with Crippen molar-refractivity contribution < 1.29 is 9.50 Å². The summed E-state index contributed by atoms with van der Waals surface area (Å²) >= 11 is 17.3. The quantitative estimate of drug-likeness (QED) is 0.771. The van der Waals surface area contributed by atoms with Crippen molar-refractivity contribution in [2.45, 2.75) is 6.54 Å². The number of hydrogen-bond acceptors (Lipinski definition) is 2. The van der Waals surface area contributed by atoms with E-state index in [-0.39, 0.29) is 22.3 Å². The SMILES string of the molecule is Oc1cccc(Cl)c1CNc1cc(Cl)c(F)c(Cl)c1.